The Balaban J connectivity index is 2.42. The summed E-state index contributed by atoms with van der Waals surface area (Å²) in [5, 5.41) is 6.78. The Kier molecular flexibility index (Phi) is 1.97. The molecule has 0 saturated carbocycles. The molecule has 1 aliphatic heterocycles. The Bertz CT molecular complexity index is 299. The zero-order valence-electron chi connectivity index (χ0n) is 6.89. The van der Waals surface area contributed by atoms with E-state index in [2.05, 4.69) is 39.6 Å². The number of benzene rings is 1. The van der Waals surface area contributed by atoms with Gasteiger partial charge in [-0.1, -0.05) is 6.07 Å². The second-order valence-electron chi connectivity index (χ2n) is 3.09. The molecule has 64 valence electrons. The maximum atomic E-state index is 3.50. The molecule has 0 radical (unpaired) electrons. The standard InChI is InChI=1S/C9H11BrN2/c1-6-5-11-9-7(10)3-2-4-8(9)12-6/h2-4,6,11-12H,5H2,1H3. The molecule has 2 nitrogen and oxygen atoms in total. The third-order valence-electron chi connectivity index (χ3n) is 2.00. The van der Waals surface area contributed by atoms with E-state index in [9.17, 15) is 0 Å². The largest absolute Gasteiger partial charge is 0.380 e. The molecule has 0 bridgehead atoms. The van der Waals surface area contributed by atoms with Gasteiger partial charge in [0, 0.05) is 17.1 Å². The van der Waals surface area contributed by atoms with Crippen molar-refractivity contribution in [3.63, 3.8) is 0 Å². The van der Waals surface area contributed by atoms with E-state index in [0.29, 0.717) is 6.04 Å². The lowest BCUT2D eigenvalue weighted by Crippen LogP contribution is -2.30. The van der Waals surface area contributed by atoms with Crippen LogP contribution >= 0.6 is 15.9 Å². The van der Waals surface area contributed by atoms with E-state index < -0.39 is 0 Å². The van der Waals surface area contributed by atoms with Crippen LogP contribution in [-0.4, -0.2) is 12.6 Å². The molecule has 1 aromatic rings. The van der Waals surface area contributed by atoms with Gasteiger partial charge in [0.2, 0.25) is 0 Å². The molecule has 1 aromatic carbocycles. The van der Waals surface area contributed by atoms with Gasteiger partial charge in [-0.2, -0.15) is 0 Å². The molecule has 0 amide bonds. The third kappa shape index (κ3) is 1.29. The maximum Gasteiger partial charge on any atom is 0.0721 e. The van der Waals surface area contributed by atoms with Crippen LogP contribution in [0, 0.1) is 0 Å². The van der Waals surface area contributed by atoms with Gasteiger partial charge in [-0.25, -0.2) is 0 Å². The third-order valence-corrected chi connectivity index (χ3v) is 2.66. The highest BCUT2D eigenvalue weighted by Gasteiger charge is 2.14. The van der Waals surface area contributed by atoms with Gasteiger partial charge in [-0.3, -0.25) is 0 Å². The van der Waals surface area contributed by atoms with E-state index in [-0.39, 0.29) is 0 Å². The molecule has 0 fully saturated rings. The first kappa shape index (κ1) is 7.92. The average molecular weight is 227 g/mol. The SMILES string of the molecule is CC1CNc2c(Br)cccc2N1. The highest BCUT2D eigenvalue weighted by Crippen LogP contribution is 2.32. The van der Waals surface area contributed by atoms with Crippen LogP contribution in [0.25, 0.3) is 0 Å². The van der Waals surface area contributed by atoms with Gasteiger partial charge < -0.3 is 10.6 Å². The lowest BCUT2D eigenvalue weighted by atomic mass is 10.2. The molecule has 0 saturated heterocycles. The summed E-state index contributed by atoms with van der Waals surface area (Å²) in [4.78, 5) is 0. The fourth-order valence-corrected chi connectivity index (χ4v) is 1.90. The normalized spacial score (nSPS) is 20.7. The fraction of sp³-hybridized carbons (Fsp3) is 0.333. The molecule has 2 N–H and O–H groups in total. The molecule has 12 heavy (non-hydrogen) atoms. The Labute approximate surface area is 80.5 Å². The number of rotatable bonds is 0. The van der Waals surface area contributed by atoms with Crippen LogP contribution in [0.2, 0.25) is 0 Å². The molecule has 0 aliphatic carbocycles. The second kappa shape index (κ2) is 2.98. The number of hydrogen-bond donors (Lipinski definition) is 2. The zero-order valence-corrected chi connectivity index (χ0v) is 8.48. The van der Waals surface area contributed by atoms with E-state index in [1.54, 1.807) is 0 Å². The molecule has 3 heteroatoms. The minimum absolute atomic E-state index is 0.506. The van der Waals surface area contributed by atoms with Crippen LogP contribution in [0.15, 0.2) is 22.7 Å². The molecule has 1 heterocycles. The van der Waals surface area contributed by atoms with Crippen molar-refractivity contribution >= 4 is 27.3 Å². The summed E-state index contributed by atoms with van der Waals surface area (Å²) < 4.78 is 1.12. The van der Waals surface area contributed by atoms with E-state index in [1.165, 1.54) is 11.4 Å². The van der Waals surface area contributed by atoms with Crippen molar-refractivity contribution in [2.45, 2.75) is 13.0 Å². The number of para-hydroxylation sites is 1. The maximum absolute atomic E-state index is 3.50. The van der Waals surface area contributed by atoms with Gasteiger partial charge in [-0.05, 0) is 35.0 Å². The van der Waals surface area contributed by atoms with Crippen molar-refractivity contribution in [1.82, 2.24) is 0 Å². The Hall–Kier alpha value is -0.700. The van der Waals surface area contributed by atoms with Crippen LogP contribution in [-0.2, 0) is 0 Å². The quantitative estimate of drug-likeness (QED) is 0.711. The van der Waals surface area contributed by atoms with E-state index in [4.69, 9.17) is 0 Å². The van der Waals surface area contributed by atoms with Crippen LogP contribution in [0.5, 0.6) is 0 Å². The number of anilines is 2. The summed E-state index contributed by atoms with van der Waals surface area (Å²) in [6, 6.07) is 6.67. The summed E-state index contributed by atoms with van der Waals surface area (Å²) >= 11 is 3.50. The van der Waals surface area contributed by atoms with Gasteiger partial charge >= 0.3 is 0 Å². The molecular weight excluding hydrogens is 216 g/mol. The molecule has 1 atom stereocenters. The molecule has 1 unspecified atom stereocenters. The summed E-state index contributed by atoms with van der Waals surface area (Å²) in [6.45, 7) is 3.15. The summed E-state index contributed by atoms with van der Waals surface area (Å²) in [5.41, 5.74) is 2.36. The highest BCUT2D eigenvalue weighted by atomic mass is 79.9. The smallest absolute Gasteiger partial charge is 0.0721 e. The predicted molar refractivity (Wildman–Crippen MR) is 55.7 cm³/mol. The van der Waals surface area contributed by atoms with Gasteiger partial charge in [0.1, 0.15) is 0 Å². The molecule has 2 rings (SSSR count). The molecule has 0 spiro atoms. The van der Waals surface area contributed by atoms with Crippen molar-refractivity contribution in [2.24, 2.45) is 0 Å². The van der Waals surface area contributed by atoms with E-state index >= 15 is 0 Å². The number of nitrogens with one attached hydrogen (secondary N) is 2. The first-order valence-corrected chi connectivity index (χ1v) is 4.85. The molecule has 0 aromatic heterocycles. The van der Waals surface area contributed by atoms with Crippen LogP contribution < -0.4 is 10.6 Å². The lowest BCUT2D eigenvalue weighted by Gasteiger charge is -2.26. The Morgan fingerprint density at radius 2 is 2.33 bits per heavy atom. The summed E-state index contributed by atoms with van der Waals surface area (Å²) in [7, 11) is 0. The van der Waals surface area contributed by atoms with Gasteiger partial charge in [0.15, 0.2) is 0 Å². The van der Waals surface area contributed by atoms with Gasteiger partial charge in [-0.15, -0.1) is 0 Å². The number of hydrogen-bond acceptors (Lipinski definition) is 2. The first-order chi connectivity index (χ1) is 5.77. The monoisotopic (exact) mass is 226 g/mol. The van der Waals surface area contributed by atoms with Crippen LogP contribution in [0.4, 0.5) is 11.4 Å². The average Bonchev–Trinajstić information content (AvgIpc) is 2.04. The van der Waals surface area contributed by atoms with Crippen molar-refractivity contribution in [1.29, 1.82) is 0 Å². The van der Waals surface area contributed by atoms with Gasteiger partial charge in [0.25, 0.3) is 0 Å². The fourth-order valence-electron chi connectivity index (χ4n) is 1.40. The lowest BCUT2D eigenvalue weighted by molar-refractivity contribution is 0.817. The number of fused-ring (bicyclic) bond motifs is 1. The van der Waals surface area contributed by atoms with E-state index in [1.807, 2.05) is 12.1 Å². The molecule has 1 aliphatic rings. The van der Waals surface area contributed by atoms with Crippen LogP contribution in [0.1, 0.15) is 6.92 Å². The first-order valence-electron chi connectivity index (χ1n) is 4.06. The Morgan fingerprint density at radius 1 is 1.50 bits per heavy atom. The number of halogens is 1. The van der Waals surface area contributed by atoms with Crippen molar-refractivity contribution in [3.8, 4) is 0 Å². The van der Waals surface area contributed by atoms with Gasteiger partial charge in [0.05, 0.1) is 11.4 Å². The predicted octanol–water partition coefficient (Wildman–Crippen LogP) is 2.67. The van der Waals surface area contributed by atoms with Crippen molar-refractivity contribution < 1.29 is 0 Å². The minimum atomic E-state index is 0.506. The van der Waals surface area contributed by atoms with Crippen LogP contribution in [0.3, 0.4) is 0 Å². The van der Waals surface area contributed by atoms with Crippen molar-refractivity contribution in [2.75, 3.05) is 17.2 Å². The zero-order chi connectivity index (χ0) is 8.55. The minimum Gasteiger partial charge on any atom is -0.380 e. The topological polar surface area (TPSA) is 24.1 Å². The van der Waals surface area contributed by atoms with Crippen molar-refractivity contribution in [3.05, 3.63) is 22.7 Å². The second-order valence-corrected chi connectivity index (χ2v) is 3.94. The molecular formula is C9H11BrN2. The highest BCUT2D eigenvalue weighted by molar-refractivity contribution is 9.10. The summed E-state index contributed by atoms with van der Waals surface area (Å²) in [6.07, 6.45) is 0. The van der Waals surface area contributed by atoms with E-state index in [0.717, 1.165) is 11.0 Å². The Morgan fingerprint density at radius 3 is 3.17 bits per heavy atom. The summed E-state index contributed by atoms with van der Waals surface area (Å²) in [5.74, 6) is 0.